The predicted molar refractivity (Wildman–Crippen MR) is 84.0 cm³/mol. The molecule has 0 aliphatic heterocycles. The van der Waals surface area contributed by atoms with Gasteiger partial charge in [0.15, 0.2) is 0 Å². The predicted octanol–water partition coefficient (Wildman–Crippen LogP) is 3.93. The van der Waals surface area contributed by atoms with E-state index in [1.807, 2.05) is 31.2 Å². The topological polar surface area (TPSA) is 81.1 Å². The molecule has 1 heterocycles. The maximum Gasteiger partial charge on any atom is 0.271 e. The molecule has 0 radical (unpaired) electrons. The van der Waals surface area contributed by atoms with Crippen LogP contribution in [0.3, 0.4) is 0 Å². The highest BCUT2D eigenvalue weighted by Crippen LogP contribution is 2.30. The molecule has 1 aromatic heterocycles. The minimum absolute atomic E-state index is 0.0400. The molecule has 0 aliphatic rings. The van der Waals surface area contributed by atoms with E-state index in [1.165, 1.54) is 12.1 Å². The summed E-state index contributed by atoms with van der Waals surface area (Å²) < 4.78 is 5.73. The average Bonchev–Trinajstić information content (AvgIpc) is 2.96. The second kappa shape index (κ2) is 5.85. The van der Waals surface area contributed by atoms with Crippen LogP contribution in [0.5, 0.6) is 5.75 Å². The maximum absolute atomic E-state index is 10.8. The van der Waals surface area contributed by atoms with Gasteiger partial charge in [-0.1, -0.05) is 19.1 Å². The summed E-state index contributed by atoms with van der Waals surface area (Å²) in [5.74, 6) is 1.39. The smallest absolute Gasteiger partial charge is 0.271 e. The van der Waals surface area contributed by atoms with Gasteiger partial charge in [0.05, 0.1) is 28.1 Å². The van der Waals surface area contributed by atoms with Crippen molar-refractivity contribution in [3.05, 3.63) is 52.6 Å². The first-order valence-corrected chi connectivity index (χ1v) is 7.05. The SMILES string of the molecule is CCCOc1ccccc1-c1nc2ccc([N+](=O)[O-])cc2[nH]1. The van der Waals surface area contributed by atoms with Gasteiger partial charge in [0, 0.05) is 12.1 Å². The van der Waals surface area contributed by atoms with Gasteiger partial charge in [0.2, 0.25) is 0 Å². The fourth-order valence-corrected chi connectivity index (χ4v) is 2.24. The van der Waals surface area contributed by atoms with E-state index in [1.54, 1.807) is 6.07 Å². The number of aromatic amines is 1. The van der Waals surface area contributed by atoms with Crippen molar-refractivity contribution in [1.29, 1.82) is 0 Å². The van der Waals surface area contributed by atoms with Crippen LogP contribution in [0.1, 0.15) is 13.3 Å². The summed E-state index contributed by atoms with van der Waals surface area (Å²) in [5, 5.41) is 10.8. The Morgan fingerprint density at radius 3 is 2.86 bits per heavy atom. The second-order valence-corrected chi connectivity index (χ2v) is 4.89. The number of nitro benzene ring substituents is 1. The third-order valence-corrected chi connectivity index (χ3v) is 3.28. The van der Waals surface area contributed by atoms with E-state index in [4.69, 9.17) is 4.74 Å². The number of H-pyrrole nitrogens is 1. The Bertz CT molecular complexity index is 826. The van der Waals surface area contributed by atoms with Gasteiger partial charge in [0.25, 0.3) is 5.69 Å². The maximum atomic E-state index is 10.8. The third kappa shape index (κ3) is 2.63. The van der Waals surface area contributed by atoms with Gasteiger partial charge < -0.3 is 9.72 Å². The fraction of sp³-hybridized carbons (Fsp3) is 0.188. The van der Waals surface area contributed by atoms with Crippen LogP contribution in [0.25, 0.3) is 22.4 Å². The van der Waals surface area contributed by atoms with Crippen LogP contribution in [-0.2, 0) is 0 Å². The summed E-state index contributed by atoms with van der Waals surface area (Å²) in [6.07, 6.45) is 0.917. The van der Waals surface area contributed by atoms with Gasteiger partial charge in [0.1, 0.15) is 11.6 Å². The lowest BCUT2D eigenvalue weighted by molar-refractivity contribution is -0.384. The molecule has 6 heteroatoms. The van der Waals surface area contributed by atoms with Crippen molar-refractivity contribution in [2.45, 2.75) is 13.3 Å². The van der Waals surface area contributed by atoms with Crippen LogP contribution in [0.15, 0.2) is 42.5 Å². The molecule has 0 atom stereocenters. The van der Waals surface area contributed by atoms with Crippen LogP contribution in [0, 0.1) is 10.1 Å². The van der Waals surface area contributed by atoms with Gasteiger partial charge in [-0.2, -0.15) is 0 Å². The van der Waals surface area contributed by atoms with E-state index in [0.29, 0.717) is 23.5 Å². The zero-order chi connectivity index (χ0) is 15.5. The first kappa shape index (κ1) is 14.1. The normalized spacial score (nSPS) is 10.8. The van der Waals surface area contributed by atoms with Crippen LogP contribution in [-0.4, -0.2) is 21.5 Å². The molecule has 112 valence electrons. The highest BCUT2D eigenvalue weighted by atomic mass is 16.6. The van der Waals surface area contributed by atoms with Crippen LogP contribution in [0.2, 0.25) is 0 Å². The molecule has 3 rings (SSSR count). The molecule has 22 heavy (non-hydrogen) atoms. The molecule has 0 spiro atoms. The molecule has 3 aromatic rings. The summed E-state index contributed by atoms with van der Waals surface area (Å²) in [6.45, 7) is 2.67. The largest absolute Gasteiger partial charge is 0.493 e. The van der Waals surface area contributed by atoms with Gasteiger partial charge in [-0.15, -0.1) is 0 Å². The Hall–Kier alpha value is -2.89. The molecule has 0 unspecified atom stereocenters. The van der Waals surface area contributed by atoms with Gasteiger partial charge >= 0.3 is 0 Å². The number of hydrogen-bond donors (Lipinski definition) is 1. The Balaban J connectivity index is 2.05. The molecule has 0 saturated carbocycles. The summed E-state index contributed by atoms with van der Waals surface area (Å²) >= 11 is 0. The number of fused-ring (bicyclic) bond motifs is 1. The van der Waals surface area contributed by atoms with Crippen molar-refractivity contribution >= 4 is 16.7 Å². The number of nitro groups is 1. The van der Waals surface area contributed by atoms with Crippen molar-refractivity contribution in [1.82, 2.24) is 9.97 Å². The lowest BCUT2D eigenvalue weighted by Crippen LogP contribution is -1.97. The zero-order valence-corrected chi connectivity index (χ0v) is 12.1. The van der Waals surface area contributed by atoms with Crippen LogP contribution < -0.4 is 4.74 Å². The Morgan fingerprint density at radius 1 is 1.27 bits per heavy atom. The summed E-state index contributed by atoms with van der Waals surface area (Å²) in [7, 11) is 0. The average molecular weight is 297 g/mol. The number of benzene rings is 2. The summed E-state index contributed by atoms with van der Waals surface area (Å²) in [5.41, 5.74) is 2.20. The van der Waals surface area contributed by atoms with E-state index < -0.39 is 4.92 Å². The minimum Gasteiger partial charge on any atom is -0.493 e. The van der Waals surface area contributed by atoms with E-state index in [9.17, 15) is 10.1 Å². The van der Waals surface area contributed by atoms with E-state index in [-0.39, 0.29) is 5.69 Å². The number of imidazole rings is 1. The highest BCUT2D eigenvalue weighted by Gasteiger charge is 2.13. The molecule has 0 saturated heterocycles. The number of aromatic nitrogens is 2. The number of ether oxygens (including phenoxy) is 1. The first-order chi connectivity index (χ1) is 10.7. The van der Waals surface area contributed by atoms with Crippen LogP contribution in [0.4, 0.5) is 5.69 Å². The van der Waals surface area contributed by atoms with Crippen molar-refractivity contribution in [2.24, 2.45) is 0 Å². The van der Waals surface area contributed by atoms with Gasteiger partial charge in [-0.05, 0) is 24.6 Å². The molecule has 0 aliphatic carbocycles. The van der Waals surface area contributed by atoms with Gasteiger partial charge in [-0.25, -0.2) is 4.98 Å². The molecule has 0 bridgehead atoms. The van der Waals surface area contributed by atoms with Crippen molar-refractivity contribution < 1.29 is 9.66 Å². The number of para-hydroxylation sites is 1. The van der Waals surface area contributed by atoms with E-state index in [0.717, 1.165) is 17.7 Å². The monoisotopic (exact) mass is 297 g/mol. The molecule has 0 fully saturated rings. The van der Waals surface area contributed by atoms with Crippen molar-refractivity contribution in [3.63, 3.8) is 0 Å². The molecular formula is C16H15N3O3. The number of nitrogens with one attached hydrogen (secondary N) is 1. The number of non-ortho nitro benzene ring substituents is 1. The fourth-order valence-electron chi connectivity index (χ4n) is 2.24. The van der Waals surface area contributed by atoms with Crippen LogP contribution >= 0.6 is 0 Å². The summed E-state index contributed by atoms with van der Waals surface area (Å²) in [4.78, 5) is 18.0. The Morgan fingerprint density at radius 2 is 2.09 bits per heavy atom. The lowest BCUT2D eigenvalue weighted by Gasteiger charge is -2.08. The second-order valence-electron chi connectivity index (χ2n) is 4.89. The third-order valence-electron chi connectivity index (χ3n) is 3.28. The van der Waals surface area contributed by atoms with Crippen molar-refractivity contribution in [2.75, 3.05) is 6.61 Å². The Labute approximate surface area is 126 Å². The summed E-state index contributed by atoms with van der Waals surface area (Å²) in [6, 6.07) is 12.2. The molecule has 0 amide bonds. The Kier molecular flexibility index (Phi) is 3.74. The lowest BCUT2D eigenvalue weighted by atomic mass is 10.2. The quantitative estimate of drug-likeness (QED) is 0.571. The number of nitrogens with zero attached hydrogens (tertiary/aromatic N) is 2. The zero-order valence-electron chi connectivity index (χ0n) is 12.1. The molecule has 6 nitrogen and oxygen atoms in total. The number of rotatable bonds is 5. The minimum atomic E-state index is -0.418. The number of hydrogen-bond acceptors (Lipinski definition) is 4. The van der Waals surface area contributed by atoms with E-state index >= 15 is 0 Å². The van der Waals surface area contributed by atoms with Gasteiger partial charge in [-0.3, -0.25) is 10.1 Å². The molecule has 2 aromatic carbocycles. The highest BCUT2D eigenvalue weighted by molar-refractivity contribution is 5.82. The standard InChI is InChI=1S/C16H15N3O3/c1-2-9-22-15-6-4-3-5-12(15)16-17-13-8-7-11(19(20)21)10-14(13)18-16/h3-8,10H,2,9H2,1H3,(H,17,18). The van der Waals surface area contributed by atoms with E-state index in [2.05, 4.69) is 9.97 Å². The molecular weight excluding hydrogens is 282 g/mol. The molecule has 1 N–H and O–H groups in total. The first-order valence-electron chi connectivity index (χ1n) is 7.05. The van der Waals surface area contributed by atoms with Crippen molar-refractivity contribution in [3.8, 4) is 17.1 Å².